The van der Waals surface area contributed by atoms with Gasteiger partial charge in [0.2, 0.25) is 10.0 Å². The van der Waals surface area contributed by atoms with Crippen molar-refractivity contribution in [1.82, 2.24) is 4.72 Å². The molecular weight excluding hydrogens is 392 g/mol. The van der Waals surface area contributed by atoms with Crippen LogP contribution in [-0.2, 0) is 30.8 Å². The van der Waals surface area contributed by atoms with Crippen molar-refractivity contribution >= 4 is 27.6 Å². The zero-order chi connectivity index (χ0) is 21.4. The Morgan fingerprint density at radius 3 is 2.17 bits per heavy atom. The van der Waals surface area contributed by atoms with Gasteiger partial charge in [-0.1, -0.05) is 30.3 Å². The van der Waals surface area contributed by atoms with Crippen LogP contribution in [0.2, 0.25) is 0 Å². The minimum absolute atomic E-state index is 0.101. The van der Waals surface area contributed by atoms with E-state index in [2.05, 4.69) is 10.0 Å². The number of ether oxygens (including phenoxy) is 1. The molecule has 0 aliphatic heterocycles. The minimum atomic E-state index is -3.60. The number of amides is 1. The zero-order valence-corrected chi connectivity index (χ0v) is 17.5. The van der Waals surface area contributed by atoms with E-state index in [0.717, 1.165) is 5.56 Å². The molecule has 0 fully saturated rings. The molecule has 0 heterocycles. The topological polar surface area (TPSA) is 102 Å². The molecule has 29 heavy (non-hydrogen) atoms. The fraction of sp³-hybridized carbons (Fsp3) is 0.333. The van der Waals surface area contributed by atoms with E-state index in [-0.39, 0.29) is 17.4 Å². The maximum absolute atomic E-state index is 12.2. The molecule has 0 aliphatic carbocycles. The fourth-order valence-electron chi connectivity index (χ4n) is 2.54. The number of esters is 1. The summed E-state index contributed by atoms with van der Waals surface area (Å²) in [7, 11) is -3.60. The lowest BCUT2D eigenvalue weighted by Gasteiger charge is -2.14. The molecule has 0 bridgehead atoms. The van der Waals surface area contributed by atoms with Crippen LogP contribution in [0.1, 0.15) is 32.8 Å². The summed E-state index contributed by atoms with van der Waals surface area (Å²) in [6, 6.07) is 15.1. The Morgan fingerprint density at radius 2 is 1.59 bits per heavy atom. The molecule has 0 aliphatic rings. The molecular formula is C21H26N2O5S. The van der Waals surface area contributed by atoms with Crippen molar-refractivity contribution in [2.75, 3.05) is 5.32 Å². The third kappa shape index (κ3) is 7.32. The van der Waals surface area contributed by atoms with Crippen molar-refractivity contribution < 1.29 is 22.7 Å². The first-order chi connectivity index (χ1) is 13.7. The van der Waals surface area contributed by atoms with Crippen LogP contribution in [0.25, 0.3) is 0 Å². The van der Waals surface area contributed by atoms with Crippen LogP contribution in [-0.4, -0.2) is 32.4 Å². The molecule has 2 rings (SSSR count). The summed E-state index contributed by atoms with van der Waals surface area (Å²) in [5.74, 6) is -0.952. The van der Waals surface area contributed by atoms with Gasteiger partial charge in [0.15, 0.2) is 6.10 Å². The molecule has 7 nitrogen and oxygen atoms in total. The van der Waals surface area contributed by atoms with Gasteiger partial charge in [-0.25, -0.2) is 13.1 Å². The molecule has 8 heteroatoms. The predicted octanol–water partition coefficient (Wildman–Crippen LogP) is 2.88. The second-order valence-corrected chi connectivity index (χ2v) is 8.62. The minimum Gasteiger partial charge on any atom is -0.453 e. The van der Waals surface area contributed by atoms with E-state index in [1.807, 2.05) is 30.3 Å². The zero-order valence-electron chi connectivity index (χ0n) is 16.7. The van der Waals surface area contributed by atoms with Gasteiger partial charge in [-0.15, -0.1) is 0 Å². The molecule has 0 spiro atoms. The quantitative estimate of drug-likeness (QED) is 0.610. The summed E-state index contributed by atoms with van der Waals surface area (Å²) in [4.78, 5) is 24.3. The number of nitrogens with one attached hydrogen (secondary N) is 2. The molecule has 2 aromatic rings. The molecule has 2 aromatic carbocycles. The summed E-state index contributed by atoms with van der Waals surface area (Å²) in [6.45, 7) is 4.95. The maximum atomic E-state index is 12.2. The van der Waals surface area contributed by atoms with Crippen molar-refractivity contribution in [2.45, 2.75) is 50.7 Å². The van der Waals surface area contributed by atoms with E-state index < -0.39 is 28.0 Å². The third-order valence-electron chi connectivity index (χ3n) is 3.96. The highest BCUT2D eigenvalue weighted by Crippen LogP contribution is 2.15. The first-order valence-electron chi connectivity index (χ1n) is 9.34. The highest BCUT2D eigenvalue weighted by molar-refractivity contribution is 7.89. The van der Waals surface area contributed by atoms with Crippen LogP contribution in [0.4, 0.5) is 5.69 Å². The fourth-order valence-corrected chi connectivity index (χ4v) is 3.79. The summed E-state index contributed by atoms with van der Waals surface area (Å²) >= 11 is 0. The largest absolute Gasteiger partial charge is 0.453 e. The van der Waals surface area contributed by atoms with E-state index >= 15 is 0 Å². The molecule has 0 unspecified atom stereocenters. The number of hydrogen-bond acceptors (Lipinski definition) is 5. The lowest BCUT2D eigenvalue weighted by molar-refractivity contribution is -0.153. The number of benzene rings is 2. The van der Waals surface area contributed by atoms with E-state index in [1.165, 1.54) is 31.2 Å². The van der Waals surface area contributed by atoms with Crippen LogP contribution in [0.5, 0.6) is 0 Å². The number of hydrogen-bond donors (Lipinski definition) is 2. The Kier molecular flexibility index (Phi) is 7.92. The monoisotopic (exact) mass is 418 g/mol. The van der Waals surface area contributed by atoms with Gasteiger partial charge < -0.3 is 10.1 Å². The van der Waals surface area contributed by atoms with Gasteiger partial charge in [-0.05, 0) is 57.0 Å². The van der Waals surface area contributed by atoms with E-state index in [9.17, 15) is 18.0 Å². The summed E-state index contributed by atoms with van der Waals surface area (Å²) in [5, 5.41) is 2.61. The van der Waals surface area contributed by atoms with Gasteiger partial charge in [0.1, 0.15) is 0 Å². The molecule has 2 N–H and O–H groups in total. The molecule has 0 saturated heterocycles. The molecule has 0 saturated carbocycles. The van der Waals surface area contributed by atoms with Gasteiger partial charge in [0.25, 0.3) is 5.91 Å². The Bertz CT molecular complexity index is 925. The second kappa shape index (κ2) is 10.2. The number of rotatable bonds is 9. The predicted molar refractivity (Wildman–Crippen MR) is 111 cm³/mol. The number of carbonyl (C=O) groups excluding carboxylic acids is 2. The highest BCUT2D eigenvalue weighted by Gasteiger charge is 2.19. The van der Waals surface area contributed by atoms with Crippen molar-refractivity contribution in [1.29, 1.82) is 0 Å². The van der Waals surface area contributed by atoms with Crippen molar-refractivity contribution in [3.05, 3.63) is 60.2 Å². The Balaban J connectivity index is 1.86. The molecule has 0 aromatic heterocycles. The number of sulfonamides is 1. The standard InChI is InChI=1S/C21H26N2O5S/c1-15(2)23-29(26,27)19-12-10-18(11-13-19)22-21(25)16(3)28-20(24)14-9-17-7-5-4-6-8-17/h4-8,10-13,15-16,23H,9,14H2,1-3H3,(H,22,25)/t16-/m1/s1. The summed E-state index contributed by atoms with van der Waals surface area (Å²) < 4.78 is 31.9. The number of anilines is 1. The van der Waals surface area contributed by atoms with Gasteiger partial charge in [-0.2, -0.15) is 0 Å². The maximum Gasteiger partial charge on any atom is 0.306 e. The SMILES string of the molecule is CC(C)NS(=O)(=O)c1ccc(NC(=O)[C@@H](C)OC(=O)CCc2ccccc2)cc1. The van der Waals surface area contributed by atoms with Crippen molar-refractivity contribution in [3.8, 4) is 0 Å². The van der Waals surface area contributed by atoms with E-state index in [1.54, 1.807) is 13.8 Å². The molecule has 0 radical (unpaired) electrons. The Labute approximate surface area is 171 Å². The van der Waals surface area contributed by atoms with Gasteiger partial charge in [0.05, 0.1) is 4.90 Å². The summed E-state index contributed by atoms with van der Waals surface area (Å²) in [6.07, 6.45) is -0.255. The lowest BCUT2D eigenvalue weighted by atomic mass is 10.1. The van der Waals surface area contributed by atoms with Crippen LogP contribution in [0.3, 0.4) is 0 Å². The average molecular weight is 419 g/mol. The normalized spacial score (nSPS) is 12.4. The van der Waals surface area contributed by atoms with Gasteiger partial charge >= 0.3 is 5.97 Å². The number of carbonyl (C=O) groups is 2. The van der Waals surface area contributed by atoms with E-state index in [0.29, 0.717) is 12.1 Å². The van der Waals surface area contributed by atoms with Crippen molar-refractivity contribution in [2.24, 2.45) is 0 Å². The van der Waals surface area contributed by atoms with Crippen LogP contribution in [0, 0.1) is 0 Å². The molecule has 1 amide bonds. The second-order valence-electron chi connectivity index (χ2n) is 6.91. The van der Waals surface area contributed by atoms with Crippen LogP contribution in [0.15, 0.2) is 59.5 Å². The van der Waals surface area contributed by atoms with Gasteiger partial charge in [0, 0.05) is 18.2 Å². The molecule has 1 atom stereocenters. The smallest absolute Gasteiger partial charge is 0.306 e. The average Bonchev–Trinajstić information content (AvgIpc) is 2.66. The lowest BCUT2D eigenvalue weighted by Crippen LogP contribution is -2.30. The Hall–Kier alpha value is -2.71. The van der Waals surface area contributed by atoms with Crippen LogP contribution < -0.4 is 10.0 Å². The third-order valence-corrected chi connectivity index (χ3v) is 5.64. The van der Waals surface area contributed by atoms with Gasteiger partial charge in [-0.3, -0.25) is 9.59 Å². The first kappa shape index (κ1) is 22.6. The summed E-state index contributed by atoms with van der Waals surface area (Å²) in [5.41, 5.74) is 1.43. The van der Waals surface area contributed by atoms with Crippen molar-refractivity contribution in [3.63, 3.8) is 0 Å². The number of aryl methyl sites for hydroxylation is 1. The Morgan fingerprint density at radius 1 is 0.966 bits per heavy atom. The molecule has 156 valence electrons. The first-order valence-corrected chi connectivity index (χ1v) is 10.8. The van der Waals surface area contributed by atoms with E-state index in [4.69, 9.17) is 4.74 Å². The highest BCUT2D eigenvalue weighted by atomic mass is 32.2. The van der Waals surface area contributed by atoms with Crippen LogP contribution >= 0.6 is 0 Å².